The molecule has 24 heavy (non-hydrogen) atoms. The SMILES string of the molecule is C[N+](C)(C)CCCCCC(=O)ON1C(=O)CCC1=O.F[B-](F)(F)F. The fourth-order valence-corrected chi connectivity index (χ4v) is 1.84. The lowest BCUT2D eigenvalue weighted by Gasteiger charge is -2.23. The van der Waals surface area contributed by atoms with Gasteiger partial charge < -0.3 is 26.6 Å². The van der Waals surface area contributed by atoms with Crippen molar-refractivity contribution in [3.8, 4) is 0 Å². The van der Waals surface area contributed by atoms with Crippen LogP contribution in [0.25, 0.3) is 0 Å². The molecule has 0 aromatic heterocycles. The van der Waals surface area contributed by atoms with E-state index in [0.717, 1.165) is 30.3 Å². The number of imide groups is 1. The summed E-state index contributed by atoms with van der Waals surface area (Å²) in [5.41, 5.74) is 0. The molecular formula is C13H23BF4N2O4. The number of rotatable bonds is 7. The Morgan fingerprint density at radius 1 is 1.04 bits per heavy atom. The van der Waals surface area contributed by atoms with Crippen molar-refractivity contribution >= 4 is 25.0 Å². The monoisotopic (exact) mass is 358 g/mol. The van der Waals surface area contributed by atoms with Gasteiger partial charge in [-0.25, -0.2) is 4.79 Å². The smallest absolute Gasteiger partial charge is 0.418 e. The number of carbonyl (C=O) groups is 3. The lowest BCUT2D eigenvalue weighted by Crippen LogP contribution is -2.35. The van der Waals surface area contributed by atoms with Crippen LogP contribution in [-0.4, -0.2) is 62.3 Å². The van der Waals surface area contributed by atoms with Crippen LogP contribution >= 0.6 is 0 Å². The summed E-state index contributed by atoms with van der Waals surface area (Å²) in [6.45, 7) is 1.05. The second kappa shape index (κ2) is 9.60. The van der Waals surface area contributed by atoms with Gasteiger partial charge in [0.1, 0.15) is 0 Å². The molecule has 0 N–H and O–H groups in total. The van der Waals surface area contributed by atoms with Crippen molar-refractivity contribution in [3.63, 3.8) is 0 Å². The first-order chi connectivity index (χ1) is 10.8. The number of quaternary nitrogens is 1. The molecule has 1 heterocycles. The van der Waals surface area contributed by atoms with Crippen molar-refractivity contribution in [1.29, 1.82) is 0 Å². The molecule has 6 nitrogen and oxygen atoms in total. The molecule has 1 aliphatic heterocycles. The highest BCUT2D eigenvalue weighted by Gasteiger charge is 2.32. The Labute approximate surface area is 138 Å². The van der Waals surface area contributed by atoms with Gasteiger partial charge in [0.2, 0.25) is 0 Å². The van der Waals surface area contributed by atoms with E-state index < -0.39 is 25.0 Å². The molecule has 0 aliphatic carbocycles. The second-order valence-electron chi connectivity index (χ2n) is 6.36. The van der Waals surface area contributed by atoms with Gasteiger partial charge in [0, 0.05) is 19.3 Å². The minimum atomic E-state index is -6.00. The lowest BCUT2D eigenvalue weighted by atomic mass is 10.2. The van der Waals surface area contributed by atoms with Gasteiger partial charge in [0.25, 0.3) is 11.8 Å². The minimum absolute atomic E-state index is 0.135. The van der Waals surface area contributed by atoms with Crippen LogP contribution in [0.3, 0.4) is 0 Å². The number of hydrogen-bond donors (Lipinski definition) is 0. The summed E-state index contributed by atoms with van der Waals surface area (Å²) in [4.78, 5) is 38.7. The fourth-order valence-electron chi connectivity index (χ4n) is 1.84. The third-order valence-electron chi connectivity index (χ3n) is 2.91. The molecule has 0 unspecified atom stereocenters. The third-order valence-corrected chi connectivity index (χ3v) is 2.91. The minimum Gasteiger partial charge on any atom is -0.418 e. The predicted molar refractivity (Wildman–Crippen MR) is 78.7 cm³/mol. The zero-order valence-corrected chi connectivity index (χ0v) is 14.1. The molecule has 1 saturated heterocycles. The molecule has 0 saturated carbocycles. The van der Waals surface area contributed by atoms with Gasteiger partial charge in [-0.1, -0.05) is 0 Å². The molecule has 1 aliphatic rings. The van der Waals surface area contributed by atoms with Crippen LogP contribution in [-0.2, 0) is 19.2 Å². The average Bonchev–Trinajstić information content (AvgIpc) is 2.67. The van der Waals surface area contributed by atoms with Gasteiger partial charge in [-0.15, -0.1) is 5.06 Å². The van der Waals surface area contributed by atoms with Gasteiger partial charge in [-0.3, -0.25) is 9.59 Å². The van der Waals surface area contributed by atoms with Crippen LogP contribution < -0.4 is 0 Å². The molecular weight excluding hydrogens is 335 g/mol. The number of hydroxylamine groups is 2. The highest BCUT2D eigenvalue weighted by Crippen LogP contribution is 2.13. The first-order valence-electron chi connectivity index (χ1n) is 7.54. The zero-order chi connectivity index (χ0) is 19.0. The first kappa shape index (κ1) is 22.4. The molecule has 0 bridgehead atoms. The molecule has 0 radical (unpaired) electrons. The quantitative estimate of drug-likeness (QED) is 0.230. The highest BCUT2D eigenvalue weighted by atomic mass is 19.5. The predicted octanol–water partition coefficient (Wildman–Crippen LogP) is 2.16. The van der Waals surface area contributed by atoms with Crippen molar-refractivity contribution in [2.75, 3.05) is 27.7 Å². The Hall–Kier alpha value is -1.65. The first-order valence-corrected chi connectivity index (χ1v) is 7.54. The van der Waals surface area contributed by atoms with E-state index in [2.05, 4.69) is 21.1 Å². The summed E-state index contributed by atoms with van der Waals surface area (Å²) in [5.74, 6) is -1.36. The van der Waals surface area contributed by atoms with Crippen LogP contribution in [0.1, 0.15) is 38.5 Å². The third kappa shape index (κ3) is 12.9. The highest BCUT2D eigenvalue weighted by molar-refractivity contribution is 6.50. The van der Waals surface area contributed by atoms with Gasteiger partial charge >= 0.3 is 13.2 Å². The van der Waals surface area contributed by atoms with Gasteiger partial charge in [0.15, 0.2) is 0 Å². The van der Waals surface area contributed by atoms with Crippen molar-refractivity contribution < 1.29 is 41.0 Å². The number of nitrogens with zero attached hydrogens (tertiary/aromatic N) is 2. The standard InChI is InChI=1S/C13H23N2O4.BF4/c1-15(2,3)10-6-4-5-7-13(18)19-14-11(16)8-9-12(14)17;2-1(3,4)5/h4-10H2,1-3H3;/q+1;-1. The maximum atomic E-state index is 11.5. The topological polar surface area (TPSA) is 63.7 Å². The Kier molecular flexibility index (Phi) is 8.94. The maximum absolute atomic E-state index is 11.5. The van der Waals surface area contributed by atoms with E-state index in [0.29, 0.717) is 5.06 Å². The Morgan fingerprint density at radius 2 is 1.50 bits per heavy atom. The van der Waals surface area contributed by atoms with Crippen LogP contribution in [0.2, 0.25) is 0 Å². The lowest BCUT2D eigenvalue weighted by molar-refractivity contribution is -0.870. The van der Waals surface area contributed by atoms with Crippen LogP contribution in [0.15, 0.2) is 0 Å². The molecule has 1 fully saturated rings. The Morgan fingerprint density at radius 3 is 1.92 bits per heavy atom. The van der Waals surface area contributed by atoms with E-state index >= 15 is 0 Å². The van der Waals surface area contributed by atoms with E-state index in [1.165, 1.54) is 0 Å². The molecule has 0 aromatic carbocycles. The summed E-state index contributed by atoms with van der Waals surface area (Å²) < 4.78 is 39.9. The van der Waals surface area contributed by atoms with Crippen molar-refractivity contribution in [1.82, 2.24) is 5.06 Å². The molecule has 140 valence electrons. The van der Waals surface area contributed by atoms with Crippen LogP contribution in [0, 0.1) is 0 Å². The summed E-state index contributed by atoms with van der Waals surface area (Å²) in [6, 6.07) is 0. The molecule has 2 amide bonds. The van der Waals surface area contributed by atoms with Crippen molar-refractivity contribution in [3.05, 3.63) is 0 Å². The van der Waals surface area contributed by atoms with Gasteiger partial charge in [0.05, 0.1) is 27.7 Å². The van der Waals surface area contributed by atoms with E-state index in [4.69, 9.17) is 4.84 Å². The fraction of sp³-hybridized carbons (Fsp3) is 0.769. The number of hydrogen-bond acceptors (Lipinski definition) is 4. The summed E-state index contributed by atoms with van der Waals surface area (Å²) in [6.07, 6.45) is 3.21. The van der Waals surface area contributed by atoms with Crippen molar-refractivity contribution in [2.45, 2.75) is 38.5 Å². The molecule has 11 heteroatoms. The van der Waals surface area contributed by atoms with E-state index in [-0.39, 0.29) is 19.3 Å². The molecule has 0 atom stereocenters. The molecule has 0 aromatic rings. The van der Waals surface area contributed by atoms with Gasteiger partial charge in [-0.05, 0) is 19.3 Å². The zero-order valence-electron chi connectivity index (χ0n) is 14.1. The summed E-state index contributed by atoms with van der Waals surface area (Å²) in [7, 11) is 0.372. The van der Waals surface area contributed by atoms with Crippen LogP contribution in [0.5, 0.6) is 0 Å². The summed E-state index contributed by atoms with van der Waals surface area (Å²) >= 11 is 0. The second-order valence-corrected chi connectivity index (χ2v) is 6.36. The van der Waals surface area contributed by atoms with Crippen molar-refractivity contribution in [2.24, 2.45) is 0 Å². The number of unbranched alkanes of at least 4 members (excludes halogenated alkanes) is 2. The number of carbonyl (C=O) groups excluding carboxylic acids is 3. The largest absolute Gasteiger partial charge is 0.673 e. The molecule has 1 rings (SSSR count). The number of halogens is 4. The van der Waals surface area contributed by atoms with E-state index in [1.54, 1.807) is 0 Å². The maximum Gasteiger partial charge on any atom is 0.673 e. The molecule has 0 spiro atoms. The average molecular weight is 358 g/mol. The van der Waals surface area contributed by atoms with Gasteiger partial charge in [-0.2, -0.15) is 0 Å². The Bertz CT molecular complexity index is 430. The Balaban J connectivity index is 0.000000922. The number of amides is 2. The van der Waals surface area contributed by atoms with E-state index in [1.807, 2.05) is 0 Å². The normalized spacial score (nSPS) is 15.2. The summed E-state index contributed by atoms with van der Waals surface area (Å²) in [5, 5.41) is 0.606. The van der Waals surface area contributed by atoms with E-state index in [9.17, 15) is 31.6 Å². The van der Waals surface area contributed by atoms with Crippen LogP contribution in [0.4, 0.5) is 17.3 Å².